The number of hydrogen-bond acceptors (Lipinski definition) is 6. The summed E-state index contributed by atoms with van der Waals surface area (Å²) in [7, 11) is 0. The van der Waals surface area contributed by atoms with Crippen LogP contribution in [0.2, 0.25) is 0 Å². The van der Waals surface area contributed by atoms with Crippen molar-refractivity contribution < 1.29 is 24.2 Å². The molecule has 0 unspecified atom stereocenters. The van der Waals surface area contributed by atoms with Crippen LogP contribution < -0.4 is 5.32 Å². The van der Waals surface area contributed by atoms with Gasteiger partial charge in [-0.1, -0.05) is 30.3 Å². The molecule has 10 heteroatoms. The Morgan fingerprint density at radius 3 is 2.51 bits per heavy atom. The fourth-order valence-corrected chi connectivity index (χ4v) is 6.00. The fraction of sp³-hybridized carbons (Fsp3) is 0.455. The zero-order valence-electron chi connectivity index (χ0n) is 24.8. The Morgan fingerprint density at radius 1 is 1.09 bits per heavy atom. The molecule has 2 fully saturated rings. The molecule has 3 aliphatic rings. The number of piperidine rings is 1. The number of benzene rings is 2. The highest BCUT2D eigenvalue weighted by atomic mass is 16.6. The number of fused-ring (bicyclic) bond motifs is 1. The minimum atomic E-state index is -1.16. The maximum Gasteiger partial charge on any atom is 0.410 e. The van der Waals surface area contributed by atoms with Crippen molar-refractivity contribution in [2.24, 2.45) is 4.99 Å². The van der Waals surface area contributed by atoms with Gasteiger partial charge in [0.1, 0.15) is 5.75 Å². The van der Waals surface area contributed by atoms with Crippen LogP contribution in [0, 0.1) is 13.8 Å². The maximum absolute atomic E-state index is 13.3. The van der Waals surface area contributed by atoms with E-state index in [1.807, 2.05) is 29.2 Å². The van der Waals surface area contributed by atoms with Crippen LogP contribution in [0.3, 0.4) is 0 Å². The van der Waals surface area contributed by atoms with Crippen molar-refractivity contribution in [3.63, 3.8) is 0 Å². The third-order valence-electron chi connectivity index (χ3n) is 8.41. The van der Waals surface area contributed by atoms with Gasteiger partial charge < -0.3 is 29.9 Å². The second-order valence-electron chi connectivity index (χ2n) is 11.5. The molecule has 2 N–H and O–H groups in total. The Kier molecular flexibility index (Phi) is 9.50. The van der Waals surface area contributed by atoms with E-state index in [0.29, 0.717) is 43.6 Å². The minimum Gasteiger partial charge on any atom is -0.507 e. The van der Waals surface area contributed by atoms with Gasteiger partial charge in [-0.3, -0.25) is 4.79 Å². The van der Waals surface area contributed by atoms with Gasteiger partial charge in [-0.25, -0.2) is 9.59 Å². The molecule has 0 saturated carbocycles. The first-order valence-electron chi connectivity index (χ1n) is 15.0. The molecule has 226 valence electrons. The molecule has 43 heavy (non-hydrogen) atoms. The Morgan fingerprint density at radius 2 is 1.79 bits per heavy atom. The number of nitrogens with one attached hydrogen (secondary N) is 1. The molecule has 2 aromatic carbocycles. The van der Waals surface area contributed by atoms with E-state index in [4.69, 9.17) is 4.74 Å². The highest BCUT2D eigenvalue weighted by molar-refractivity contribution is 5.91. The number of phenols is 1. The molecule has 5 rings (SSSR count). The van der Waals surface area contributed by atoms with Gasteiger partial charge in [-0.05, 0) is 80.0 Å². The highest BCUT2D eigenvalue weighted by Gasteiger charge is 2.33. The second-order valence-corrected chi connectivity index (χ2v) is 11.5. The number of likely N-dealkylation sites (tertiary alicyclic amines) is 2. The monoisotopic (exact) mass is 585 g/mol. The average Bonchev–Trinajstić information content (AvgIpc) is 3.46. The lowest BCUT2D eigenvalue weighted by atomic mass is 10.0. The molecule has 3 aliphatic heterocycles. The number of hydrogen-bond donors (Lipinski definition) is 2. The van der Waals surface area contributed by atoms with E-state index in [9.17, 15) is 19.5 Å². The van der Waals surface area contributed by atoms with Crippen LogP contribution in [-0.4, -0.2) is 88.6 Å². The molecule has 2 aromatic rings. The van der Waals surface area contributed by atoms with E-state index >= 15 is 0 Å². The fourth-order valence-electron chi connectivity index (χ4n) is 6.00. The Hall–Kier alpha value is -4.52. The molecular formula is C33H39N5O5. The van der Waals surface area contributed by atoms with Crippen molar-refractivity contribution in [2.45, 2.75) is 64.5 Å². The van der Waals surface area contributed by atoms with Crippen LogP contribution in [-0.2, 0) is 22.4 Å². The first kappa shape index (κ1) is 30.0. The predicted octanol–water partition coefficient (Wildman–Crippen LogP) is 4.57. The second kappa shape index (κ2) is 13.6. The number of urea groups is 1. The van der Waals surface area contributed by atoms with Crippen molar-refractivity contribution in [3.8, 4) is 5.75 Å². The number of ether oxygens (including phenoxy) is 1. The summed E-state index contributed by atoms with van der Waals surface area (Å²) in [6.45, 7) is 6.86. The first-order valence-corrected chi connectivity index (χ1v) is 15.0. The summed E-state index contributed by atoms with van der Waals surface area (Å²) in [6, 6.07) is 11.3. The summed E-state index contributed by atoms with van der Waals surface area (Å²) >= 11 is 0. The number of aryl methyl sites for hydroxylation is 2. The number of aliphatic imine (C=N–C) groups is 1. The molecule has 2 saturated heterocycles. The zero-order chi connectivity index (χ0) is 30.3. The average molecular weight is 586 g/mol. The number of rotatable bonds is 6. The SMILES string of the molecule is Cc1cc(C[C@@H](OC(=O)N2CCC(N3CCc4ccccc4NC3=O)CC2)C(=O)N=C=C=CN2CCCC2)cc(C)c1O. The van der Waals surface area contributed by atoms with Crippen LogP contribution in [0.5, 0.6) is 5.75 Å². The number of phenolic OH excluding ortho intramolecular Hbond substituents is 1. The van der Waals surface area contributed by atoms with Crippen LogP contribution in [0.4, 0.5) is 15.3 Å². The number of anilines is 1. The molecular weight excluding hydrogens is 546 g/mol. The van der Waals surface area contributed by atoms with Crippen LogP contribution >= 0.6 is 0 Å². The van der Waals surface area contributed by atoms with Gasteiger partial charge in [0.2, 0.25) is 0 Å². The number of aromatic hydroxyl groups is 1. The standard InChI is InChI=1S/C33H39N5O5/c1-23-20-25(21-24(2)30(23)39)22-29(31(40)34-13-7-16-36-14-5-6-15-36)43-33(42)37-17-11-27(12-18-37)38-19-10-26-8-3-4-9-28(26)35-32(38)41/h3-4,8-9,16,20-21,27,29,39H,5-6,10-12,14-15,17-19,22H2,1-2H3,(H,35,41)/t29-/m1/s1. The topological polar surface area (TPSA) is 115 Å². The summed E-state index contributed by atoms with van der Waals surface area (Å²) in [6.07, 6.45) is 4.31. The summed E-state index contributed by atoms with van der Waals surface area (Å²) < 4.78 is 5.76. The van der Waals surface area contributed by atoms with Gasteiger partial charge >= 0.3 is 12.1 Å². The third kappa shape index (κ3) is 7.47. The number of amides is 4. The molecule has 3 heterocycles. The summed E-state index contributed by atoms with van der Waals surface area (Å²) in [5.41, 5.74) is 6.86. The van der Waals surface area contributed by atoms with Gasteiger partial charge in [0.25, 0.3) is 5.91 Å². The molecule has 0 bridgehead atoms. The van der Waals surface area contributed by atoms with E-state index in [1.54, 1.807) is 37.1 Å². The minimum absolute atomic E-state index is 0.00382. The van der Waals surface area contributed by atoms with E-state index in [1.165, 1.54) is 0 Å². The van der Waals surface area contributed by atoms with Crippen molar-refractivity contribution in [1.29, 1.82) is 0 Å². The molecule has 1 atom stereocenters. The van der Waals surface area contributed by atoms with Gasteiger partial charge in [0.15, 0.2) is 6.10 Å². The largest absolute Gasteiger partial charge is 0.507 e. The van der Waals surface area contributed by atoms with Crippen molar-refractivity contribution in [3.05, 3.63) is 70.6 Å². The van der Waals surface area contributed by atoms with Crippen LogP contribution in [0.1, 0.15) is 47.9 Å². The van der Waals surface area contributed by atoms with Gasteiger partial charge in [0, 0.05) is 56.7 Å². The van der Waals surface area contributed by atoms with Crippen LogP contribution in [0.25, 0.3) is 0 Å². The Labute approximate surface area is 252 Å². The van der Waals surface area contributed by atoms with E-state index in [-0.39, 0.29) is 24.2 Å². The van der Waals surface area contributed by atoms with Gasteiger partial charge in [-0.2, -0.15) is 4.99 Å². The van der Waals surface area contributed by atoms with Crippen LogP contribution in [0.15, 0.2) is 53.3 Å². The third-order valence-corrected chi connectivity index (χ3v) is 8.41. The molecule has 4 amide bonds. The number of nitrogens with zero attached hydrogens (tertiary/aromatic N) is 4. The van der Waals surface area contributed by atoms with Gasteiger partial charge in [-0.15, -0.1) is 0 Å². The number of para-hydroxylation sites is 1. The van der Waals surface area contributed by atoms with Gasteiger partial charge in [0.05, 0.1) is 6.20 Å². The lowest BCUT2D eigenvalue weighted by molar-refractivity contribution is -0.126. The lowest BCUT2D eigenvalue weighted by Crippen LogP contribution is -2.50. The number of carbonyl (C=O) groups is 3. The summed E-state index contributed by atoms with van der Waals surface area (Å²) in [4.78, 5) is 48.8. The molecule has 0 aromatic heterocycles. The molecule has 0 aliphatic carbocycles. The van der Waals surface area contributed by atoms with Crippen molar-refractivity contribution >= 4 is 29.6 Å². The predicted molar refractivity (Wildman–Crippen MR) is 163 cm³/mol. The maximum atomic E-state index is 13.3. The molecule has 0 radical (unpaired) electrons. The Balaban J connectivity index is 1.23. The van der Waals surface area contributed by atoms with E-state index in [0.717, 1.165) is 49.2 Å². The summed E-state index contributed by atoms with van der Waals surface area (Å²) in [5.74, 6) is 2.13. The van der Waals surface area contributed by atoms with Crippen molar-refractivity contribution in [1.82, 2.24) is 14.7 Å². The highest BCUT2D eigenvalue weighted by Crippen LogP contribution is 2.26. The summed E-state index contributed by atoms with van der Waals surface area (Å²) in [5, 5.41) is 13.2. The number of carbonyl (C=O) groups excluding carboxylic acids is 3. The molecule has 0 spiro atoms. The molecule has 10 nitrogen and oxygen atoms in total. The van der Waals surface area contributed by atoms with E-state index < -0.39 is 18.1 Å². The quantitative estimate of drug-likeness (QED) is 0.379. The van der Waals surface area contributed by atoms with E-state index in [2.05, 4.69) is 26.8 Å². The lowest BCUT2D eigenvalue weighted by Gasteiger charge is -2.37. The first-order chi connectivity index (χ1) is 20.8. The van der Waals surface area contributed by atoms with Crippen molar-refractivity contribution in [2.75, 3.05) is 38.0 Å². The zero-order valence-corrected chi connectivity index (χ0v) is 24.8. The smallest absolute Gasteiger partial charge is 0.410 e. The Bertz CT molecular complexity index is 1440. The normalized spacial score (nSPS) is 17.6.